The summed E-state index contributed by atoms with van der Waals surface area (Å²) in [6, 6.07) is 8.16. The van der Waals surface area contributed by atoms with Crippen molar-refractivity contribution >= 4 is 21.4 Å². The molecule has 0 radical (unpaired) electrons. The Balaban J connectivity index is 2.34. The Morgan fingerprint density at radius 1 is 1.14 bits per heavy atom. The summed E-state index contributed by atoms with van der Waals surface area (Å²) < 4.78 is 39.7. The van der Waals surface area contributed by atoms with Gasteiger partial charge in [0.25, 0.3) is 15.7 Å². The maximum atomic E-state index is 13.2. The minimum absolute atomic E-state index is 0.119. The molecule has 0 spiro atoms. The Bertz CT molecular complexity index is 788. The quantitative estimate of drug-likeness (QED) is 0.694. The van der Waals surface area contributed by atoms with E-state index in [1.165, 1.54) is 12.1 Å². The molecule has 2 aromatic rings. The first-order valence-corrected chi connectivity index (χ1v) is 7.31. The number of nitrogens with one attached hydrogen (secondary N) is 1. The number of nitro groups is 1. The van der Waals surface area contributed by atoms with Gasteiger partial charge < -0.3 is 0 Å². The van der Waals surface area contributed by atoms with Crippen LogP contribution in [0.1, 0.15) is 5.56 Å². The summed E-state index contributed by atoms with van der Waals surface area (Å²) >= 11 is 0. The first-order valence-electron chi connectivity index (χ1n) is 5.83. The van der Waals surface area contributed by atoms with Crippen LogP contribution >= 0.6 is 0 Å². The van der Waals surface area contributed by atoms with Crippen molar-refractivity contribution in [3.8, 4) is 0 Å². The number of hydrogen-bond acceptors (Lipinski definition) is 4. The summed E-state index contributed by atoms with van der Waals surface area (Å²) in [7, 11) is -3.93. The Hall–Kier alpha value is -2.48. The van der Waals surface area contributed by atoms with Gasteiger partial charge in [-0.3, -0.25) is 14.8 Å². The predicted octanol–water partition coefficient (Wildman–Crippen LogP) is 2.84. The van der Waals surface area contributed by atoms with Gasteiger partial charge in [0.15, 0.2) is 0 Å². The largest absolute Gasteiger partial charge is 0.279 e. The van der Waals surface area contributed by atoms with Gasteiger partial charge in [0.1, 0.15) is 5.82 Å². The Morgan fingerprint density at radius 2 is 1.76 bits per heavy atom. The van der Waals surface area contributed by atoms with Gasteiger partial charge in [0.2, 0.25) is 0 Å². The molecule has 0 saturated carbocycles. The summed E-state index contributed by atoms with van der Waals surface area (Å²) in [6.07, 6.45) is 0. The number of sulfonamides is 1. The summed E-state index contributed by atoms with van der Waals surface area (Å²) in [5, 5.41) is 10.5. The number of hydrogen-bond donors (Lipinski definition) is 1. The molecule has 0 saturated heterocycles. The third-order valence-electron chi connectivity index (χ3n) is 2.80. The van der Waals surface area contributed by atoms with Crippen LogP contribution in [0.4, 0.5) is 15.8 Å². The van der Waals surface area contributed by atoms with E-state index in [-0.39, 0.29) is 16.3 Å². The molecule has 2 aromatic carbocycles. The van der Waals surface area contributed by atoms with Gasteiger partial charge in [-0.15, -0.1) is 0 Å². The van der Waals surface area contributed by atoms with E-state index < -0.39 is 20.8 Å². The van der Waals surface area contributed by atoms with E-state index >= 15 is 0 Å². The van der Waals surface area contributed by atoms with Crippen LogP contribution < -0.4 is 4.72 Å². The monoisotopic (exact) mass is 310 g/mol. The van der Waals surface area contributed by atoms with Crippen molar-refractivity contribution in [2.45, 2.75) is 11.8 Å². The lowest BCUT2D eigenvalue weighted by Crippen LogP contribution is -2.14. The highest BCUT2D eigenvalue weighted by Gasteiger charge is 2.17. The Morgan fingerprint density at radius 3 is 2.33 bits per heavy atom. The van der Waals surface area contributed by atoms with Crippen molar-refractivity contribution in [3.63, 3.8) is 0 Å². The minimum Gasteiger partial charge on any atom is -0.279 e. The maximum Gasteiger partial charge on any atom is 0.269 e. The van der Waals surface area contributed by atoms with E-state index in [2.05, 4.69) is 4.72 Å². The summed E-state index contributed by atoms with van der Waals surface area (Å²) in [5.74, 6) is -0.568. The smallest absolute Gasteiger partial charge is 0.269 e. The van der Waals surface area contributed by atoms with E-state index in [4.69, 9.17) is 0 Å². The molecule has 0 aromatic heterocycles. The van der Waals surface area contributed by atoms with Crippen LogP contribution in [0.3, 0.4) is 0 Å². The number of benzene rings is 2. The molecule has 6 nitrogen and oxygen atoms in total. The summed E-state index contributed by atoms with van der Waals surface area (Å²) in [5.41, 5.74) is 0.464. The fraction of sp³-hybridized carbons (Fsp3) is 0.0769. The fourth-order valence-electron chi connectivity index (χ4n) is 1.65. The zero-order valence-corrected chi connectivity index (χ0v) is 11.7. The molecule has 0 heterocycles. The molecule has 8 heteroatoms. The Kier molecular flexibility index (Phi) is 3.90. The average molecular weight is 310 g/mol. The van der Waals surface area contributed by atoms with Crippen LogP contribution in [-0.2, 0) is 10.0 Å². The molecule has 0 aliphatic heterocycles. The van der Waals surface area contributed by atoms with Crippen LogP contribution in [0.25, 0.3) is 0 Å². The first kappa shape index (κ1) is 14.9. The summed E-state index contributed by atoms with van der Waals surface area (Å²) in [6.45, 7) is 1.63. The van der Waals surface area contributed by atoms with Crippen molar-refractivity contribution in [2.24, 2.45) is 0 Å². The molecule has 0 fully saturated rings. The zero-order valence-electron chi connectivity index (χ0n) is 10.9. The molecule has 0 amide bonds. The van der Waals surface area contributed by atoms with Gasteiger partial charge >= 0.3 is 0 Å². The first-order chi connectivity index (χ1) is 9.79. The van der Waals surface area contributed by atoms with Gasteiger partial charge in [-0.1, -0.05) is 6.07 Å². The van der Waals surface area contributed by atoms with Crippen LogP contribution in [0.5, 0.6) is 0 Å². The van der Waals surface area contributed by atoms with Crippen molar-refractivity contribution in [3.05, 3.63) is 64.0 Å². The molecule has 21 heavy (non-hydrogen) atoms. The van der Waals surface area contributed by atoms with Crippen molar-refractivity contribution in [1.82, 2.24) is 0 Å². The molecule has 0 bridgehead atoms. The molecular formula is C13H11FN2O4S. The van der Waals surface area contributed by atoms with E-state index in [0.717, 1.165) is 30.3 Å². The second-order valence-electron chi connectivity index (χ2n) is 4.32. The van der Waals surface area contributed by atoms with Gasteiger partial charge in [0, 0.05) is 12.1 Å². The normalized spacial score (nSPS) is 11.1. The zero-order chi connectivity index (χ0) is 15.6. The lowest BCUT2D eigenvalue weighted by Gasteiger charge is -2.10. The highest BCUT2D eigenvalue weighted by Crippen LogP contribution is 2.22. The second-order valence-corrected chi connectivity index (χ2v) is 6.00. The second kappa shape index (κ2) is 5.49. The lowest BCUT2D eigenvalue weighted by molar-refractivity contribution is -0.384. The van der Waals surface area contributed by atoms with Gasteiger partial charge in [0.05, 0.1) is 15.5 Å². The summed E-state index contributed by atoms with van der Waals surface area (Å²) in [4.78, 5) is 9.77. The predicted molar refractivity (Wildman–Crippen MR) is 75.0 cm³/mol. The molecule has 0 aliphatic carbocycles. The highest BCUT2D eigenvalue weighted by atomic mass is 32.2. The average Bonchev–Trinajstić information content (AvgIpc) is 2.43. The van der Waals surface area contributed by atoms with E-state index in [1.807, 2.05) is 0 Å². The highest BCUT2D eigenvalue weighted by molar-refractivity contribution is 7.92. The van der Waals surface area contributed by atoms with E-state index in [1.54, 1.807) is 6.92 Å². The van der Waals surface area contributed by atoms with E-state index in [0.29, 0.717) is 5.56 Å². The Labute approximate surface area is 120 Å². The van der Waals surface area contributed by atoms with Gasteiger partial charge in [-0.25, -0.2) is 12.8 Å². The third kappa shape index (κ3) is 3.34. The standard InChI is InChI=1S/C13H11FN2O4S/c1-9-2-3-10(14)8-13(9)15-21(19,20)12-6-4-11(5-7-12)16(17)18/h2-8,15H,1H3. The van der Waals surface area contributed by atoms with Crippen molar-refractivity contribution in [2.75, 3.05) is 4.72 Å². The van der Waals surface area contributed by atoms with Crippen molar-refractivity contribution in [1.29, 1.82) is 0 Å². The number of non-ortho nitro benzene ring substituents is 1. The number of halogens is 1. The fourth-order valence-corrected chi connectivity index (χ4v) is 2.78. The van der Waals surface area contributed by atoms with Crippen LogP contribution in [0.15, 0.2) is 47.4 Å². The lowest BCUT2D eigenvalue weighted by atomic mass is 10.2. The van der Waals surface area contributed by atoms with Crippen LogP contribution in [0, 0.1) is 22.9 Å². The molecule has 0 atom stereocenters. The number of rotatable bonds is 4. The molecule has 110 valence electrons. The maximum absolute atomic E-state index is 13.2. The number of nitrogens with zero attached hydrogens (tertiary/aromatic N) is 1. The molecule has 1 N–H and O–H groups in total. The van der Waals surface area contributed by atoms with Crippen molar-refractivity contribution < 1.29 is 17.7 Å². The van der Waals surface area contributed by atoms with Crippen LogP contribution in [0.2, 0.25) is 0 Å². The SMILES string of the molecule is Cc1ccc(F)cc1NS(=O)(=O)c1ccc([N+](=O)[O-])cc1. The number of aryl methyl sites for hydroxylation is 1. The molecule has 2 rings (SSSR count). The number of anilines is 1. The van der Waals surface area contributed by atoms with E-state index in [9.17, 15) is 22.9 Å². The number of nitro benzene ring substituents is 1. The van der Waals surface area contributed by atoms with Crippen LogP contribution in [-0.4, -0.2) is 13.3 Å². The van der Waals surface area contributed by atoms with Gasteiger partial charge in [-0.2, -0.15) is 0 Å². The minimum atomic E-state index is -3.93. The topological polar surface area (TPSA) is 89.3 Å². The van der Waals surface area contributed by atoms with Gasteiger partial charge in [-0.05, 0) is 36.8 Å². The third-order valence-corrected chi connectivity index (χ3v) is 4.18. The molecular weight excluding hydrogens is 299 g/mol. The molecule has 0 aliphatic rings. The molecule has 0 unspecified atom stereocenters.